The predicted molar refractivity (Wildman–Crippen MR) is 133 cm³/mol. The maximum Gasteiger partial charge on any atom is 0.257 e. The van der Waals surface area contributed by atoms with Crippen molar-refractivity contribution in [1.82, 2.24) is 15.2 Å². The Labute approximate surface area is 205 Å². The van der Waals surface area contributed by atoms with Crippen LogP contribution in [0, 0.1) is 6.92 Å². The minimum absolute atomic E-state index is 0.0374. The zero-order valence-corrected chi connectivity index (χ0v) is 20.6. The van der Waals surface area contributed by atoms with E-state index in [2.05, 4.69) is 15.6 Å². The Morgan fingerprint density at radius 1 is 1.11 bits per heavy atom. The summed E-state index contributed by atoms with van der Waals surface area (Å²) >= 11 is 0. The van der Waals surface area contributed by atoms with E-state index in [4.69, 9.17) is 4.74 Å². The molecular weight excluding hydrogens is 448 g/mol. The lowest BCUT2D eigenvalue weighted by molar-refractivity contribution is -0.114. The second-order valence-electron chi connectivity index (χ2n) is 8.73. The number of likely N-dealkylation sites (tertiary alicyclic amines) is 1. The fraction of sp³-hybridized carbons (Fsp3) is 0.462. The maximum absolute atomic E-state index is 13.1. The lowest BCUT2D eigenvalue weighted by Crippen LogP contribution is -2.38. The van der Waals surface area contributed by atoms with E-state index < -0.39 is 0 Å². The molecule has 188 valence electrons. The highest BCUT2D eigenvalue weighted by molar-refractivity contribution is 5.99. The molecule has 1 aliphatic heterocycles. The summed E-state index contributed by atoms with van der Waals surface area (Å²) in [4.78, 5) is 43.6. The molecule has 9 nitrogen and oxygen atoms in total. The van der Waals surface area contributed by atoms with Crippen LogP contribution in [0.4, 0.5) is 5.69 Å². The molecule has 35 heavy (non-hydrogen) atoms. The molecule has 0 saturated carbocycles. The molecule has 1 saturated heterocycles. The minimum Gasteiger partial charge on any atom is -0.507 e. The van der Waals surface area contributed by atoms with Gasteiger partial charge in [0.2, 0.25) is 5.91 Å². The van der Waals surface area contributed by atoms with Gasteiger partial charge < -0.3 is 25.4 Å². The molecule has 0 radical (unpaired) electrons. The number of benzene rings is 1. The molecule has 1 aliphatic rings. The number of phenolic OH excluding ortho intramolecular Hbond substituents is 1. The van der Waals surface area contributed by atoms with Gasteiger partial charge in [-0.25, -0.2) is 0 Å². The van der Waals surface area contributed by atoms with E-state index >= 15 is 0 Å². The molecule has 3 amide bonds. The fourth-order valence-electron chi connectivity index (χ4n) is 4.17. The van der Waals surface area contributed by atoms with Gasteiger partial charge in [-0.15, -0.1) is 0 Å². The van der Waals surface area contributed by atoms with Gasteiger partial charge in [0, 0.05) is 50.5 Å². The number of anilines is 1. The third-order valence-electron chi connectivity index (χ3n) is 5.91. The summed E-state index contributed by atoms with van der Waals surface area (Å²) < 4.78 is 5.43. The number of aromatic nitrogens is 1. The molecule has 0 aliphatic carbocycles. The maximum atomic E-state index is 13.1. The number of carbonyl (C=O) groups excluding carboxylic acids is 3. The number of amides is 3. The molecule has 1 aromatic heterocycles. The number of piperidine rings is 1. The van der Waals surface area contributed by atoms with Crippen molar-refractivity contribution >= 4 is 23.4 Å². The molecule has 3 rings (SSSR count). The molecule has 0 bridgehead atoms. The Morgan fingerprint density at radius 3 is 2.54 bits per heavy atom. The third kappa shape index (κ3) is 7.02. The number of carbonyl (C=O) groups is 3. The Balaban J connectivity index is 1.66. The van der Waals surface area contributed by atoms with Crippen molar-refractivity contribution in [2.75, 3.05) is 38.2 Å². The molecular formula is C26H34N4O5. The van der Waals surface area contributed by atoms with Crippen LogP contribution >= 0.6 is 0 Å². The number of rotatable bonds is 9. The van der Waals surface area contributed by atoms with Gasteiger partial charge >= 0.3 is 0 Å². The van der Waals surface area contributed by atoms with E-state index in [1.165, 1.54) is 19.1 Å². The van der Waals surface area contributed by atoms with Gasteiger partial charge in [0.05, 0.1) is 23.4 Å². The van der Waals surface area contributed by atoms with Gasteiger partial charge in [-0.2, -0.15) is 0 Å². The molecule has 3 N–H and O–H groups in total. The van der Waals surface area contributed by atoms with Crippen molar-refractivity contribution in [3.05, 3.63) is 52.8 Å². The zero-order valence-electron chi connectivity index (χ0n) is 20.6. The number of phenols is 1. The summed E-state index contributed by atoms with van der Waals surface area (Å²) in [5, 5.41) is 15.8. The summed E-state index contributed by atoms with van der Waals surface area (Å²) in [6.45, 7) is 7.81. The summed E-state index contributed by atoms with van der Waals surface area (Å²) in [5.74, 6) is -0.820. The number of aromatic hydroxyl groups is 1. The second kappa shape index (κ2) is 12.3. The molecule has 0 unspecified atom stereocenters. The normalized spacial score (nSPS) is 14.0. The molecule has 1 fully saturated rings. The van der Waals surface area contributed by atoms with Crippen LogP contribution in [-0.2, 0) is 9.53 Å². The van der Waals surface area contributed by atoms with Crippen LogP contribution in [0.25, 0.3) is 0 Å². The minimum atomic E-state index is -0.296. The summed E-state index contributed by atoms with van der Waals surface area (Å²) in [6.07, 6.45) is 2.23. The number of hydrogen-bond donors (Lipinski definition) is 3. The van der Waals surface area contributed by atoms with E-state index in [1.54, 1.807) is 11.0 Å². The van der Waals surface area contributed by atoms with E-state index in [-0.39, 0.29) is 35.0 Å². The lowest BCUT2D eigenvalue weighted by Gasteiger charge is -2.32. The molecule has 2 heterocycles. The number of aryl methyl sites for hydroxylation is 1. The summed E-state index contributed by atoms with van der Waals surface area (Å²) in [5.41, 5.74) is 2.74. The number of nitrogens with zero attached hydrogens (tertiary/aromatic N) is 2. The first kappa shape index (κ1) is 26.2. The van der Waals surface area contributed by atoms with Gasteiger partial charge in [-0.1, -0.05) is 6.92 Å². The Bertz CT molecular complexity index is 1060. The Morgan fingerprint density at radius 2 is 1.86 bits per heavy atom. The third-order valence-corrected chi connectivity index (χ3v) is 5.91. The van der Waals surface area contributed by atoms with Gasteiger partial charge in [-0.05, 0) is 56.5 Å². The highest BCUT2D eigenvalue weighted by atomic mass is 16.5. The van der Waals surface area contributed by atoms with Gasteiger partial charge in [0.25, 0.3) is 11.8 Å². The largest absolute Gasteiger partial charge is 0.507 e. The van der Waals surface area contributed by atoms with Crippen molar-refractivity contribution in [3.63, 3.8) is 0 Å². The van der Waals surface area contributed by atoms with Crippen LogP contribution in [0.3, 0.4) is 0 Å². The number of ether oxygens (including phenoxy) is 1. The highest BCUT2D eigenvalue weighted by Gasteiger charge is 2.29. The van der Waals surface area contributed by atoms with Crippen molar-refractivity contribution in [3.8, 4) is 5.75 Å². The van der Waals surface area contributed by atoms with Crippen LogP contribution in [0.5, 0.6) is 5.75 Å². The first-order valence-electron chi connectivity index (χ1n) is 12.0. The lowest BCUT2D eigenvalue weighted by atomic mass is 9.89. The van der Waals surface area contributed by atoms with Gasteiger partial charge in [0.1, 0.15) is 5.75 Å². The average Bonchev–Trinajstić information content (AvgIpc) is 2.84. The smallest absolute Gasteiger partial charge is 0.257 e. The Hall–Kier alpha value is -3.46. The number of nitrogens with one attached hydrogen (secondary N) is 2. The van der Waals surface area contributed by atoms with E-state index in [0.717, 1.165) is 17.8 Å². The average molecular weight is 483 g/mol. The first-order chi connectivity index (χ1) is 16.8. The van der Waals surface area contributed by atoms with Crippen LogP contribution in [0.1, 0.15) is 71.1 Å². The number of hydrogen-bond acceptors (Lipinski definition) is 6. The summed E-state index contributed by atoms with van der Waals surface area (Å²) in [7, 11) is 0. The monoisotopic (exact) mass is 482 g/mol. The standard InChI is InChI=1S/C26H34N4O5/c1-4-14-35-15-11-27-25(33)21-7-5-17(2)28-24(21)19-9-12-30(13-10-19)26(34)22-16-20(29-18(3)31)6-8-23(22)32/h5-8,16,19,32H,4,9-15H2,1-3H3,(H,27,33)(H,29,31). The van der Waals surface area contributed by atoms with Gasteiger partial charge in [-0.3, -0.25) is 19.4 Å². The van der Waals surface area contributed by atoms with Crippen molar-refractivity contribution in [2.24, 2.45) is 0 Å². The van der Waals surface area contributed by atoms with E-state index in [1.807, 2.05) is 26.0 Å². The predicted octanol–water partition coefficient (Wildman–Crippen LogP) is 3.23. The molecule has 0 spiro atoms. The number of pyridine rings is 1. The summed E-state index contributed by atoms with van der Waals surface area (Å²) in [6, 6.07) is 8.07. The van der Waals surface area contributed by atoms with Crippen molar-refractivity contribution < 1.29 is 24.2 Å². The van der Waals surface area contributed by atoms with Crippen molar-refractivity contribution in [1.29, 1.82) is 0 Å². The zero-order chi connectivity index (χ0) is 25.4. The van der Waals surface area contributed by atoms with Crippen LogP contribution in [0.2, 0.25) is 0 Å². The first-order valence-corrected chi connectivity index (χ1v) is 12.0. The Kier molecular flexibility index (Phi) is 9.19. The highest BCUT2D eigenvalue weighted by Crippen LogP contribution is 2.31. The van der Waals surface area contributed by atoms with Crippen LogP contribution in [-0.4, -0.2) is 65.6 Å². The molecule has 1 aromatic carbocycles. The van der Waals surface area contributed by atoms with Gasteiger partial charge in [0.15, 0.2) is 0 Å². The molecule has 0 atom stereocenters. The SMILES string of the molecule is CCCOCCNC(=O)c1ccc(C)nc1C1CCN(C(=O)c2cc(NC(C)=O)ccc2O)CC1. The fourth-order valence-corrected chi connectivity index (χ4v) is 4.17. The van der Waals surface area contributed by atoms with E-state index in [9.17, 15) is 19.5 Å². The van der Waals surface area contributed by atoms with Crippen LogP contribution in [0.15, 0.2) is 30.3 Å². The van der Waals surface area contributed by atoms with Crippen LogP contribution < -0.4 is 10.6 Å². The quantitative estimate of drug-likeness (QED) is 0.373. The molecule has 2 aromatic rings. The van der Waals surface area contributed by atoms with E-state index in [0.29, 0.717) is 56.9 Å². The second-order valence-corrected chi connectivity index (χ2v) is 8.73. The van der Waals surface area contributed by atoms with Crippen molar-refractivity contribution in [2.45, 2.75) is 46.0 Å². The molecule has 9 heteroatoms. The topological polar surface area (TPSA) is 121 Å².